The highest BCUT2D eigenvalue weighted by atomic mass is 79.9. The predicted octanol–water partition coefficient (Wildman–Crippen LogP) is 3.76. The molecule has 0 heterocycles. The van der Waals surface area contributed by atoms with Gasteiger partial charge in [0.1, 0.15) is 5.75 Å². The van der Waals surface area contributed by atoms with E-state index in [0.717, 1.165) is 21.3 Å². The summed E-state index contributed by atoms with van der Waals surface area (Å²) in [5, 5.41) is 0. The maximum absolute atomic E-state index is 12.2. The van der Waals surface area contributed by atoms with Crippen molar-refractivity contribution in [3.8, 4) is 5.75 Å². The molecule has 138 valence electrons. The molecule has 0 saturated heterocycles. The molecule has 0 atom stereocenters. The Morgan fingerprint density at radius 2 is 1.69 bits per heavy atom. The smallest absolute Gasteiger partial charge is 0.269 e. The van der Waals surface area contributed by atoms with Crippen molar-refractivity contribution >= 4 is 27.7 Å². The number of hydrogen-bond donors (Lipinski definition) is 2. The lowest BCUT2D eigenvalue weighted by Crippen LogP contribution is -2.42. The summed E-state index contributed by atoms with van der Waals surface area (Å²) in [5.74, 6) is 0.0647. The van der Waals surface area contributed by atoms with Crippen LogP contribution in [-0.4, -0.2) is 18.9 Å². The van der Waals surface area contributed by atoms with E-state index in [4.69, 9.17) is 4.74 Å². The van der Waals surface area contributed by atoms with Crippen LogP contribution in [0.15, 0.2) is 46.9 Å². The first-order chi connectivity index (χ1) is 12.2. The van der Waals surface area contributed by atoms with E-state index >= 15 is 0 Å². The number of nitrogens with one attached hydrogen (secondary N) is 2. The number of amides is 2. The molecule has 2 N–H and O–H groups in total. The van der Waals surface area contributed by atoms with Gasteiger partial charge in [-0.05, 0) is 40.8 Å². The van der Waals surface area contributed by atoms with Crippen LogP contribution >= 0.6 is 15.9 Å². The Morgan fingerprint density at radius 3 is 2.23 bits per heavy atom. The van der Waals surface area contributed by atoms with Crippen molar-refractivity contribution in [2.45, 2.75) is 32.6 Å². The number of hydrogen-bond acceptors (Lipinski definition) is 3. The third-order valence-corrected chi connectivity index (χ3v) is 4.53. The molecule has 0 fully saturated rings. The Bertz CT molecular complexity index is 796. The van der Waals surface area contributed by atoms with E-state index in [0.29, 0.717) is 5.56 Å². The van der Waals surface area contributed by atoms with Crippen molar-refractivity contribution in [1.82, 2.24) is 10.9 Å². The molecule has 2 amide bonds. The van der Waals surface area contributed by atoms with Crippen molar-refractivity contribution in [1.29, 1.82) is 0 Å². The SMILES string of the molecule is COc1ccc(CC(=O)NNC(=O)c2ccc(C(C)(C)C)c(Br)c2)cc1. The molecular formula is C20H23BrN2O3. The molecule has 0 saturated carbocycles. The van der Waals surface area contributed by atoms with Gasteiger partial charge in [-0.15, -0.1) is 0 Å². The van der Waals surface area contributed by atoms with Crippen LogP contribution in [0.5, 0.6) is 5.75 Å². The largest absolute Gasteiger partial charge is 0.497 e. The third-order valence-electron chi connectivity index (χ3n) is 3.88. The number of halogens is 1. The van der Waals surface area contributed by atoms with E-state index in [-0.39, 0.29) is 23.7 Å². The first kappa shape index (κ1) is 20.0. The standard InChI is InChI=1S/C20H23BrN2O3/c1-20(2,3)16-10-7-14(12-17(16)21)19(25)23-22-18(24)11-13-5-8-15(26-4)9-6-13/h5-10,12H,11H2,1-4H3,(H,22,24)(H,23,25). The second-order valence-electron chi connectivity index (χ2n) is 6.97. The van der Waals surface area contributed by atoms with E-state index in [1.807, 2.05) is 18.2 Å². The fourth-order valence-corrected chi connectivity index (χ4v) is 3.41. The molecule has 5 nitrogen and oxygen atoms in total. The summed E-state index contributed by atoms with van der Waals surface area (Å²) in [6.45, 7) is 6.31. The minimum atomic E-state index is -0.366. The van der Waals surface area contributed by atoms with Gasteiger partial charge < -0.3 is 4.74 Å². The van der Waals surface area contributed by atoms with Crippen molar-refractivity contribution in [2.75, 3.05) is 7.11 Å². The monoisotopic (exact) mass is 418 g/mol. The average Bonchev–Trinajstić information content (AvgIpc) is 2.59. The van der Waals surface area contributed by atoms with E-state index in [1.165, 1.54) is 0 Å². The number of benzene rings is 2. The van der Waals surface area contributed by atoms with E-state index in [9.17, 15) is 9.59 Å². The molecular weight excluding hydrogens is 396 g/mol. The minimum absolute atomic E-state index is 0.0274. The molecule has 26 heavy (non-hydrogen) atoms. The van der Waals surface area contributed by atoms with Crippen LogP contribution in [0.3, 0.4) is 0 Å². The molecule has 0 spiro atoms. The lowest BCUT2D eigenvalue weighted by molar-refractivity contribution is -0.121. The fourth-order valence-electron chi connectivity index (χ4n) is 2.44. The van der Waals surface area contributed by atoms with Crippen LogP contribution in [0.4, 0.5) is 0 Å². The third kappa shape index (κ3) is 5.33. The fraction of sp³-hybridized carbons (Fsp3) is 0.300. The number of carbonyl (C=O) groups excluding carboxylic acids is 2. The first-order valence-corrected chi connectivity index (χ1v) is 9.02. The second-order valence-corrected chi connectivity index (χ2v) is 7.83. The minimum Gasteiger partial charge on any atom is -0.497 e. The molecule has 6 heteroatoms. The van der Waals surface area contributed by atoms with Gasteiger partial charge in [0.05, 0.1) is 13.5 Å². The van der Waals surface area contributed by atoms with Gasteiger partial charge in [0.25, 0.3) is 5.91 Å². The Hall–Kier alpha value is -2.34. The van der Waals surface area contributed by atoms with Gasteiger partial charge in [-0.1, -0.05) is 54.9 Å². The zero-order valence-corrected chi connectivity index (χ0v) is 16.9. The van der Waals surface area contributed by atoms with Gasteiger partial charge in [-0.2, -0.15) is 0 Å². The highest BCUT2D eigenvalue weighted by molar-refractivity contribution is 9.10. The maximum atomic E-state index is 12.2. The number of carbonyl (C=O) groups is 2. The summed E-state index contributed by atoms with van der Waals surface area (Å²) in [4.78, 5) is 24.2. The zero-order valence-electron chi connectivity index (χ0n) is 15.4. The zero-order chi connectivity index (χ0) is 19.3. The van der Waals surface area contributed by atoms with Crippen LogP contribution < -0.4 is 15.6 Å². The lowest BCUT2D eigenvalue weighted by Gasteiger charge is -2.21. The summed E-state index contributed by atoms with van der Waals surface area (Å²) >= 11 is 3.51. The first-order valence-electron chi connectivity index (χ1n) is 8.23. The molecule has 0 aliphatic heterocycles. The highest BCUT2D eigenvalue weighted by Gasteiger charge is 2.18. The van der Waals surface area contributed by atoms with Crippen molar-refractivity contribution < 1.29 is 14.3 Å². The van der Waals surface area contributed by atoms with Crippen LogP contribution in [0.25, 0.3) is 0 Å². The average molecular weight is 419 g/mol. The molecule has 0 aliphatic rings. The Kier molecular flexibility index (Phi) is 6.42. The Balaban J connectivity index is 1.93. The quantitative estimate of drug-likeness (QED) is 0.742. The van der Waals surface area contributed by atoms with E-state index < -0.39 is 0 Å². The van der Waals surface area contributed by atoms with Crippen LogP contribution in [-0.2, 0) is 16.6 Å². The van der Waals surface area contributed by atoms with Gasteiger partial charge in [0.15, 0.2) is 0 Å². The van der Waals surface area contributed by atoms with Crippen LogP contribution in [0.2, 0.25) is 0 Å². The van der Waals surface area contributed by atoms with Crippen molar-refractivity contribution in [2.24, 2.45) is 0 Å². The molecule has 0 aliphatic carbocycles. The summed E-state index contributed by atoms with van der Waals surface area (Å²) in [6.07, 6.45) is 0.164. The normalized spacial score (nSPS) is 11.0. The topological polar surface area (TPSA) is 67.4 Å². The molecule has 0 unspecified atom stereocenters. The summed E-state index contributed by atoms with van der Waals surface area (Å²) < 4.78 is 5.94. The second kappa shape index (κ2) is 8.36. The van der Waals surface area contributed by atoms with E-state index in [1.54, 1.807) is 31.4 Å². The van der Waals surface area contributed by atoms with Gasteiger partial charge in [-0.3, -0.25) is 20.4 Å². The summed E-state index contributed by atoms with van der Waals surface area (Å²) in [7, 11) is 1.59. The number of hydrazine groups is 1. The number of ether oxygens (including phenoxy) is 1. The molecule has 2 aromatic carbocycles. The van der Waals surface area contributed by atoms with Gasteiger partial charge >= 0.3 is 0 Å². The van der Waals surface area contributed by atoms with Gasteiger partial charge in [0, 0.05) is 10.0 Å². The maximum Gasteiger partial charge on any atom is 0.269 e. The number of rotatable bonds is 4. The molecule has 2 rings (SSSR count). The van der Waals surface area contributed by atoms with E-state index in [2.05, 4.69) is 47.6 Å². The summed E-state index contributed by atoms with van der Waals surface area (Å²) in [5.41, 5.74) is 7.26. The molecule has 0 aromatic heterocycles. The van der Waals surface area contributed by atoms with Crippen molar-refractivity contribution in [3.63, 3.8) is 0 Å². The van der Waals surface area contributed by atoms with Crippen molar-refractivity contribution in [3.05, 3.63) is 63.6 Å². The Labute approximate surface area is 162 Å². The molecule has 0 radical (unpaired) electrons. The van der Waals surface area contributed by atoms with Crippen LogP contribution in [0.1, 0.15) is 42.3 Å². The molecule has 0 bridgehead atoms. The lowest BCUT2D eigenvalue weighted by atomic mass is 9.86. The Morgan fingerprint density at radius 1 is 1.04 bits per heavy atom. The highest BCUT2D eigenvalue weighted by Crippen LogP contribution is 2.30. The molecule has 2 aromatic rings. The van der Waals surface area contributed by atoms with Gasteiger partial charge in [-0.25, -0.2) is 0 Å². The summed E-state index contributed by atoms with van der Waals surface area (Å²) in [6, 6.07) is 12.6. The van der Waals surface area contributed by atoms with Gasteiger partial charge in [0.2, 0.25) is 5.91 Å². The predicted molar refractivity (Wildman–Crippen MR) is 105 cm³/mol. The number of methoxy groups -OCH3 is 1. The van der Waals surface area contributed by atoms with Crippen LogP contribution in [0, 0.1) is 0 Å².